The molecule has 1 nitrogen and oxygen atoms in total. The van der Waals surface area contributed by atoms with Gasteiger partial charge in [0.05, 0.1) is 15.1 Å². The quantitative estimate of drug-likeness (QED) is 0.176. The van der Waals surface area contributed by atoms with Gasteiger partial charge in [0.15, 0.2) is 0 Å². The van der Waals surface area contributed by atoms with Crippen LogP contribution in [0.3, 0.4) is 0 Å². The van der Waals surface area contributed by atoms with E-state index in [-0.39, 0.29) is 44.7 Å². The number of fused-ring (bicyclic) bond motifs is 6. The van der Waals surface area contributed by atoms with E-state index in [9.17, 15) is 1.37 Å². The minimum Gasteiger partial charge on any atom is -0.456 e. The van der Waals surface area contributed by atoms with Crippen molar-refractivity contribution in [3.8, 4) is 44.5 Å². The van der Waals surface area contributed by atoms with Crippen LogP contribution < -0.4 is 0 Å². The molecule has 228 valence electrons. The van der Waals surface area contributed by atoms with Gasteiger partial charge in [0.1, 0.15) is 11.2 Å². The van der Waals surface area contributed by atoms with E-state index in [2.05, 4.69) is 60.7 Å². The van der Waals surface area contributed by atoms with Crippen molar-refractivity contribution >= 4 is 54.3 Å². The van der Waals surface area contributed by atoms with Crippen molar-refractivity contribution < 1.29 is 19.5 Å². The topological polar surface area (TPSA) is 13.1 Å². The smallest absolute Gasteiger partial charge is 0.136 e. The second-order valence-corrected chi connectivity index (χ2v) is 12.0. The molecular weight excluding hydrogens is 593 g/mol. The summed E-state index contributed by atoms with van der Waals surface area (Å²) in [6.45, 7) is 0. The summed E-state index contributed by atoms with van der Waals surface area (Å²) in [4.78, 5) is 0. The molecule has 49 heavy (non-hydrogen) atoms. The summed E-state index contributed by atoms with van der Waals surface area (Å²) < 4.78 is 102. The average molecular weight is 634 g/mol. The Bertz CT molecular complexity index is 3420. The van der Waals surface area contributed by atoms with Gasteiger partial charge in [-0.15, -0.1) is 0 Å². The number of hydrogen-bond donors (Lipinski definition) is 0. The molecule has 0 aliphatic carbocycles. The summed E-state index contributed by atoms with van der Waals surface area (Å²) in [5.41, 5.74) is 3.94. The van der Waals surface area contributed by atoms with E-state index in [4.69, 9.17) is 18.1 Å². The number of benzene rings is 9. The number of rotatable bonds is 4. The van der Waals surface area contributed by atoms with Gasteiger partial charge in [0, 0.05) is 10.8 Å². The highest BCUT2D eigenvalue weighted by atomic mass is 16.3. The number of hydrogen-bond acceptors (Lipinski definition) is 1. The molecule has 0 bridgehead atoms. The lowest BCUT2D eigenvalue weighted by Gasteiger charge is -2.18. The molecule has 0 aliphatic heterocycles. The first-order valence-corrected chi connectivity index (χ1v) is 15.9. The predicted molar refractivity (Wildman–Crippen MR) is 208 cm³/mol. The molecule has 0 amide bonds. The summed E-state index contributed by atoms with van der Waals surface area (Å²) in [5.74, 6) is 0. The Kier molecular flexibility index (Phi) is 4.25. The van der Waals surface area contributed by atoms with Gasteiger partial charge >= 0.3 is 0 Å². The maximum absolute atomic E-state index is 9.22. The summed E-state index contributed by atoms with van der Waals surface area (Å²) in [7, 11) is 0. The third-order valence-corrected chi connectivity index (χ3v) is 9.30. The lowest BCUT2D eigenvalue weighted by Crippen LogP contribution is -1.91. The molecule has 0 aliphatic rings. The van der Waals surface area contributed by atoms with Crippen molar-refractivity contribution in [1.82, 2.24) is 0 Å². The van der Waals surface area contributed by atoms with Crippen LogP contribution in [-0.2, 0) is 0 Å². The van der Waals surface area contributed by atoms with Crippen LogP contribution in [0, 0.1) is 0 Å². The van der Waals surface area contributed by atoms with Crippen molar-refractivity contribution in [2.75, 3.05) is 0 Å². The Labute approximate surface area is 299 Å². The van der Waals surface area contributed by atoms with Crippen LogP contribution in [0.15, 0.2) is 186 Å². The van der Waals surface area contributed by atoms with Crippen LogP contribution in [0.25, 0.3) is 98.8 Å². The first-order chi connectivity index (χ1) is 28.9. The maximum atomic E-state index is 9.22. The molecule has 1 heterocycles. The summed E-state index contributed by atoms with van der Waals surface area (Å²) in [5, 5.41) is 6.18. The molecule has 0 saturated heterocycles. The average Bonchev–Trinajstić information content (AvgIpc) is 3.66. The normalized spacial score (nSPS) is 14.8. The van der Waals surface area contributed by atoms with E-state index < -0.39 is 60.4 Å². The van der Waals surface area contributed by atoms with E-state index in [1.165, 1.54) is 0 Å². The second kappa shape index (κ2) is 11.1. The van der Waals surface area contributed by atoms with Gasteiger partial charge in [-0.05, 0) is 101 Å². The van der Waals surface area contributed by atoms with Crippen LogP contribution in [-0.4, -0.2) is 0 Å². The molecule has 10 aromatic rings. The highest BCUT2D eigenvalue weighted by Gasteiger charge is 2.18. The first-order valence-electron chi connectivity index (χ1n) is 21.4. The lowest BCUT2D eigenvalue weighted by atomic mass is 9.85. The molecule has 0 unspecified atom stereocenters. The van der Waals surface area contributed by atoms with Gasteiger partial charge in [-0.3, -0.25) is 0 Å². The molecule has 0 N–H and O–H groups in total. The van der Waals surface area contributed by atoms with Crippen molar-refractivity contribution in [2.45, 2.75) is 0 Å². The zero-order valence-electron chi connectivity index (χ0n) is 36.9. The van der Waals surface area contributed by atoms with Crippen LogP contribution in [0.1, 0.15) is 15.1 Å². The maximum Gasteiger partial charge on any atom is 0.136 e. The molecule has 0 spiro atoms. The molecular formula is C48H30O. The summed E-state index contributed by atoms with van der Waals surface area (Å²) >= 11 is 0. The Morgan fingerprint density at radius 1 is 0.367 bits per heavy atom. The molecule has 9 aromatic carbocycles. The van der Waals surface area contributed by atoms with Crippen LogP contribution in [0.4, 0.5) is 0 Å². The fourth-order valence-corrected chi connectivity index (χ4v) is 7.20. The van der Waals surface area contributed by atoms with E-state index in [1.807, 2.05) is 48.5 Å². The third kappa shape index (κ3) is 4.40. The Hall–Kier alpha value is -6.44. The van der Waals surface area contributed by atoms with E-state index in [0.717, 1.165) is 54.6 Å². The van der Waals surface area contributed by atoms with Crippen molar-refractivity contribution in [3.63, 3.8) is 0 Å². The molecule has 0 fully saturated rings. The fourth-order valence-electron chi connectivity index (χ4n) is 7.20. The highest BCUT2D eigenvalue weighted by Crippen LogP contribution is 2.45. The van der Waals surface area contributed by atoms with Crippen LogP contribution >= 0.6 is 0 Å². The van der Waals surface area contributed by atoms with Gasteiger partial charge in [-0.2, -0.15) is 0 Å². The summed E-state index contributed by atoms with van der Waals surface area (Å²) in [6.07, 6.45) is 0. The van der Waals surface area contributed by atoms with Gasteiger partial charge in [0.2, 0.25) is 0 Å². The van der Waals surface area contributed by atoms with E-state index >= 15 is 0 Å². The Morgan fingerprint density at radius 3 is 1.45 bits per heavy atom. The van der Waals surface area contributed by atoms with Gasteiger partial charge < -0.3 is 4.42 Å². The van der Waals surface area contributed by atoms with E-state index in [1.54, 1.807) is 6.07 Å². The van der Waals surface area contributed by atoms with Crippen molar-refractivity contribution in [3.05, 3.63) is 182 Å². The SMILES string of the molecule is [2H]c1c([2H])c([2H])c(-c2c([2H])c([2H])c([2H])c3oc4c([2H])c([2H])c([2H])c(-c5ccc6cc(-c7c8ccccc8c(-c8ccccc8)c8ccccc78)ccc6c5)c4c23)c([2H])c1[2H]. The Morgan fingerprint density at radius 2 is 0.857 bits per heavy atom. The molecule has 0 radical (unpaired) electrons. The molecule has 0 saturated carbocycles. The summed E-state index contributed by atoms with van der Waals surface area (Å²) in [6, 6.07) is 32.8. The number of furan rings is 1. The zero-order valence-corrected chi connectivity index (χ0v) is 25.9. The van der Waals surface area contributed by atoms with Crippen molar-refractivity contribution in [2.24, 2.45) is 0 Å². The van der Waals surface area contributed by atoms with Gasteiger partial charge in [-0.25, -0.2) is 0 Å². The zero-order chi connectivity index (χ0) is 41.9. The van der Waals surface area contributed by atoms with Crippen LogP contribution in [0.2, 0.25) is 0 Å². The van der Waals surface area contributed by atoms with Gasteiger partial charge in [-0.1, -0.05) is 158 Å². The van der Waals surface area contributed by atoms with Crippen molar-refractivity contribution in [1.29, 1.82) is 0 Å². The molecule has 10 rings (SSSR count). The molecule has 1 aromatic heterocycles. The standard InChI is InChI=1S/C48H30O/c1-3-13-31(14-4-1)37-21-11-23-43-47(37)48-38(22-12-24-44(48)49-43)35-27-25-34-30-36(28-26-33(34)29-35)46-41-19-9-7-17-39(41)45(32-15-5-2-6-16-32)40-18-8-10-20-42(40)46/h1-30H/i1D,3D,4D,11D,12D,13D,14D,21D,22D,23D,24D. The Balaban J connectivity index is 1.23. The van der Waals surface area contributed by atoms with Gasteiger partial charge in [0.25, 0.3) is 0 Å². The molecule has 0 atom stereocenters. The minimum atomic E-state index is -0.647. The third-order valence-electron chi connectivity index (χ3n) is 9.30. The molecule has 1 heteroatoms. The first kappa shape index (κ1) is 18.8. The second-order valence-electron chi connectivity index (χ2n) is 12.0. The predicted octanol–water partition coefficient (Wildman–Crippen LogP) is 13.7. The highest BCUT2D eigenvalue weighted by molar-refractivity contribution is 6.22. The monoisotopic (exact) mass is 633 g/mol. The lowest BCUT2D eigenvalue weighted by molar-refractivity contribution is 0.669. The largest absolute Gasteiger partial charge is 0.456 e. The fraction of sp³-hybridized carbons (Fsp3) is 0. The van der Waals surface area contributed by atoms with E-state index in [0.29, 0.717) is 5.56 Å². The minimum absolute atomic E-state index is 0.0420. The van der Waals surface area contributed by atoms with Crippen LogP contribution in [0.5, 0.6) is 0 Å².